The number of halogens is 2. The van der Waals surface area contributed by atoms with Crippen LogP contribution in [0.15, 0.2) is 24.3 Å². The largest absolute Gasteiger partial charge is 0.364 e. The normalized spacial score (nSPS) is 20.5. The molecule has 1 aliphatic rings. The van der Waals surface area contributed by atoms with E-state index >= 15 is 0 Å². The van der Waals surface area contributed by atoms with Crippen LogP contribution in [0.3, 0.4) is 0 Å². The predicted octanol–water partition coefficient (Wildman–Crippen LogP) is 2.82. The Morgan fingerprint density at radius 3 is 2.43 bits per heavy atom. The van der Waals surface area contributed by atoms with Gasteiger partial charge >= 0.3 is 0 Å². The lowest BCUT2D eigenvalue weighted by Gasteiger charge is -2.49. The molecule has 0 aliphatic carbocycles. The fraction of sp³-hybridized carbons (Fsp3) is 0.588. The van der Waals surface area contributed by atoms with Gasteiger partial charge in [0.05, 0.1) is 6.04 Å². The Morgan fingerprint density at radius 2 is 1.91 bits per heavy atom. The lowest BCUT2D eigenvalue weighted by molar-refractivity contribution is -0.109. The number of hydrogen-bond acceptors (Lipinski definition) is 4. The van der Waals surface area contributed by atoms with E-state index in [4.69, 9.17) is 17.3 Å². The summed E-state index contributed by atoms with van der Waals surface area (Å²) in [6.45, 7) is 10.3. The van der Waals surface area contributed by atoms with Crippen LogP contribution in [0, 0.1) is 5.92 Å². The summed E-state index contributed by atoms with van der Waals surface area (Å²) in [5.41, 5.74) is 7.04. The van der Waals surface area contributed by atoms with Gasteiger partial charge in [-0.15, -0.1) is 12.4 Å². The highest BCUT2D eigenvalue weighted by Crippen LogP contribution is 2.29. The maximum atomic E-state index is 10.8. The molecule has 2 rings (SSSR count). The summed E-state index contributed by atoms with van der Waals surface area (Å²) in [6.07, 6.45) is 0.847. The molecule has 0 saturated carbocycles. The zero-order valence-electron chi connectivity index (χ0n) is 14.0. The van der Waals surface area contributed by atoms with E-state index in [0.717, 1.165) is 37.5 Å². The van der Waals surface area contributed by atoms with Crippen LogP contribution in [0.4, 0.5) is 5.69 Å². The average molecular weight is 360 g/mol. The Labute approximate surface area is 150 Å². The molecule has 2 atom stereocenters. The van der Waals surface area contributed by atoms with E-state index in [1.807, 2.05) is 19.1 Å². The summed E-state index contributed by atoms with van der Waals surface area (Å²) in [6, 6.07) is 7.64. The first kappa shape index (κ1) is 20.2. The zero-order valence-corrected chi connectivity index (χ0v) is 15.6. The molecule has 130 valence electrons. The second-order valence-electron chi connectivity index (χ2n) is 6.87. The third-order valence-corrected chi connectivity index (χ3v) is 4.73. The summed E-state index contributed by atoms with van der Waals surface area (Å²) in [5, 5.41) is 0.761. The van der Waals surface area contributed by atoms with E-state index in [9.17, 15) is 4.79 Å². The van der Waals surface area contributed by atoms with Crippen LogP contribution in [0.2, 0.25) is 5.02 Å². The highest BCUT2D eigenvalue weighted by Gasteiger charge is 2.34. The average Bonchev–Trinajstić information content (AvgIpc) is 2.47. The van der Waals surface area contributed by atoms with Crippen molar-refractivity contribution in [2.24, 2.45) is 11.7 Å². The Hall–Kier alpha value is -0.810. The number of piperazine rings is 1. The van der Waals surface area contributed by atoms with Gasteiger partial charge in [0.2, 0.25) is 0 Å². The highest BCUT2D eigenvalue weighted by atomic mass is 35.5. The summed E-state index contributed by atoms with van der Waals surface area (Å²) in [5.74, 6) is 0.176. The van der Waals surface area contributed by atoms with Crippen LogP contribution in [0.25, 0.3) is 0 Å². The molecule has 0 amide bonds. The second-order valence-corrected chi connectivity index (χ2v) is 7.30. The van der Waals surface area contributed by atoms with Gasteiger partial charge in [0, 0.05) is 42.4 Å². The first-order valence-corrected chi connectivity index (χ1v) is 8.18. The van der Waals surface area contributed by atoms with Crippen molar-refractivity contribution in [1.82, 2.24) is 4.90 Å². The van der Waals surface area contributed by atoms with E-state index < -0.39 is 0 Å². The molecule has 1 aromatic carbocycles. The fourth-order valence-corrected chi connectivity index (χ4v) is 3.30. The van der Waals surface area contributed by atoms with E-state index in [2.05, 4.69) is 35.8 Å². The number of nitrogens with zero attached hydrogens (tertiary/aromatic N) is 2. The maximum Gasteiger partial charge on any atom is 0.137 e. The molecule has 2 N–H and O–H groups in total. The Bertz CT molecular complexity index is 507. The van der Waals surface area contributed by atoms with Crippen molar-refractivity contribution in [3.05, 3.63) is 29.3 Å². The molecule has 4 nitrogen and oxygen atoms in total. The highest BCUT2D eigenvalue weighted by molar-refractivity contribution is 6.30. The summed E-state index contributed by atoms with van der Waals surface area (Å²) >= 11 is 5.98. The molecular formula is C17H27Cl2N3O. The van der Waals surface area contributed by atoms with Gasteiger partial charge in [0.15, 0.2) is 0 Å². The zero-order chi connectivity index (χ0) is 16.3. The lowest BCUT2D eigenvalue weighted by atomic mass is 9.95. The monoisotopic (exact) mass is 359 g/mol. The minimum atomic E-state index is -0.377. The van der Waals surface area contributed by atoms with Crippen LogP contribution < -0.4 is 10.6 Å². The van der Waals surface area contributed by atoms with Gasteiger partial charge < -0.3 is 15.4 Å². The van der Waals surface area contributed by atoms with Crippen molar-refractivity contribution in [2.75, 3.05) is 31.1 Å². The van der Waals surface area contributed by atoms with Gasteiger partial charge in [-0.2, -0.15) is 0 Å². The second kappa shape index (κ2) is 8.34. The van der Waals surface area contributed by atoms with Crippen LogP contribution in [-0.2, 0) is 4.79 Å². The van der Waals surface area contributed by atoms with Gasteiger partial charge in [-0.05, 0) is 44.0 Å². The molecule has 1 heterocycles. The summed E-state index contributed by atoms with van der Waals surface area (Å²) in [7, 11) is 0. The summed E-state index contributed by atoms with van der Waals surface area (Å²) < 4.78 is 0. The minimum Gasteiger partial charge on any atom is -0.364 e. The van der Waals surface area contributed by atoms with E-state index in [1.54, 1.807) is 0 Å². The minimum absolute atomic E-state index is 0. The quantitative estimate of drug-likeness (QED) is 0.821. The molecule has 1 aliphatic heterocycles. The smallest absolute Gasteiger partial charge is 0.137 e. The molecule has 0 spiro atoms. The topological polar surface area (TPSA) is 49.6 Å². The third kappa shape index (κ3) is 5.08. The number of benzene rings is 1. The van der Waals surface area contributed by atoms with Crippen LogP contribution in [-0.4, -0.2) is 48.9 Å². The SMILES string of the molecule is CC(CN1CCN(c2ccc(Cl)cc2)C(C)(C)C1)C(N)C=O.Cl. The van der Waals surface area contributed by atoms with Gasteiger partial charge in [-0.3, -0.25) is 4.90 Å². The number of carbonyl (C=O) groups excluding carboxylic acids is 1. The molecule has 23 heavy (non-hydrogen) atoms. The first-order chi connectivity index (χ1) is 10.3. The number of hydrogen-bond donors (Lipinski definition) is 1. The predicted molar refractivity (Wildman–Crippen MR) is 99.8 cm³/mol. The Morgan fingerprint density at radius 1 is 1.30 bits per heavy atom. The van der Waals surface area contributed by atoms with Crippen LogP contribution in [0.5, 0.6) is 0 Å². The molecule has 2 unspecified atom stereocenters. The molecule has 0 bridgehead atoms. The number of rotatable bonds is 5. The van der Waals surface area contributed by atoms with Crippen LogP contribution >= 0.6 is 24.0 Å². The van der Waals surface area contributed by atoms with E-state index in [-0.39, 0.29) is 29.9 Å². The molecule has 1 saturated heterocycles. The number of aldehydes is 1. The van der Waals surface area contributed by atoms with Crippen molar-refractivity contribution in [3.63, 3.8) is 0 Å². The molecule has 6 heteroatoms. The number of nitrogens with two attached hydrogens (primary N) is 1. The van der Waals surface area contributed by atoms with E-state index in [0.29, 0.717) is 0 Å². The van der Waals surface area contributed by atoms with Crippen molar-refractivity contribution >= 4 is 36.0 Å². The van der Waals surface area contributed by atoms with Crippen molar-refractivity contribution in [1.29, 1.82) is 0 Å². The molecular weight excluding hydrogens is 333 g/mol. The van der Waals surface area contributed by atoms with Crippen molar-refractivity contribution in [3.8, 4) is 0 Å². The summed E-state index contributed by atoms with van der Waals surface area (Å²) in [4.78, 5) is 15.6. The van der Waals surface area contributed by atoms with Gasteiger partial charge in [-0.25, -0.2) is 0 Å². The number of anilines is 1. The molecule has 1 fully saturated rings. The Balaban J connectivity index is 0.00000264. The Kier molecular flexibility index (Phi) is 7.33. The lowest BCUT2D eigenvalue weighted by Crippen LogP contribution is -2.60. The van der Waals surface area contributed by atoms with Gasteiger partial charge in [-0.1, -0.05) is 18.5 Å². The van der Waals surface area contributed by atoms with Crippen molar-refractivity contribution < 1.29 is 4.79 Å². The van der Waals surface area contributed by atoms with E-state index in [1.165, 1.54) is 5.69 Å². The van der Waals surface area contributed by atoms with Gasteiger partial charge in [0.1, 0.15) is 6.29 Å². The third-order valence-electron chi connectivity index (χ3n) is 4.48. The first-order valence-electron chi connectivity index (χ1n) is 7.80. The maximum absolute atomic E-state index is 10.8. The van der Waals surface area contributed by atoms with Crippen LogP contribution in [0.1, 0.15) is 20.8 Å². The van der Waals surface area contributed by atoms with Gasteiger partial charge in [0.25, 0.3) is 0 Å². The molecule has 0 aromatic heterocycles. The van der Waals surface area contributed by atoms with Crippen molar-refractivity contribution in [2.45, 2.75) is 32.4 Å². The molecule has 0 radical (unpaired) electrons. The number of carbonyl (C=O) groups is 1. The molecule has 1 aromatic rings. The standard InChI is InChI=1S/C17H26ClN3O.ClH/c1-13(16(19)11-22)10-20-8-9-21(17(2,3)12-20)15-6-4-14(18)5-7-15;/h4-7,11,13,16H,8-10,12,19H2,1-3H3;1H. The fourth-order valence-electron chi connectivity index (χ4n) is 3.17.